The average molecular weight is 377 g/mol. The first kappa shape index (κ1) is 18.3. The molecule has 1 aliphatic heterocycles. The highest BCUT2D eigenvalue weighted by Gasteiger charge is 2.22. The Balaban J connectivity index is 1.74. The average Bonchev–Trinajstić information content (AvgIpc) is 2.64. The lowest BCUT2D eigenvalue weighted by Crippen LogP contribution is -2.42. The predicted molar refractivity (Wildman–Crippen MR) is 96.8 cm³/mol. The van der Waals surface area contributed by atoms with Gasteiger partial charge in [-0.2, -0.15) is 0 Å². The highest BCUT2D eigenvalue weighted by atomic mass is 32.2. The number of hydrogen-bond acceptors (Lipinski definition) is 4. The van der Waals surface area contributed by atoms with E-state index in [0.717, 1.165) is 12.8 Å². The van der Waals surface area contributed by atoms with E-state index in [-0.39, 0.29) is 22.5 Å². The fraction of sp³-hybridized carbons (Fsp3) is 0.278. The van der Waals surface area contributed by atoms with Gasteiger partial charge in [0.1, 0.15) is 5.82 Å². The van der Waals surface area contributed by atoms with E-state index in [4.69, 9.17) is 5.73 Å². The minimum absolute atomic E-state index is 0.0435. The van der Waals surface area contributed by atoms with Gasteiger partial charge in [0.15, 0.2) is 0 Å². The molecule has 1 fully saturated rings. The summed E-state index contributed by atoms with van der Waals surface area (Å²) >= 11 is 0. The highest BCUT2D eigenvalue weighted by molar-refractivity contribution is 7.92. The van der Waals surface area contributed by atoms with Crippen molar-refractivity contribution in [1.29, 1.82) is 0 Å². The van der Waals surface area contributed by atoms with Crippen molar-refractivity contribution >= 4 is 21.6 Å². The van der Waals surface area contributed by atoms with Crippen molar-refractivity contribution < 1.29 is 17.6 Å². The summed E-state index contributed by atoms with van der Waals surface area (Å²) in [6.45, 7) is 1.18. The summed E-state index contributed by atoms with van der Waals surface area (Å²) in [5.41, 5.74) is 6.12. The molecule has 0 atom stereocenters. The minimum atomic E-state index is -3.94. The molecule has 0 bridgehead atoms. The topological polar surface area (TPSA) is 92.5 Å². The molecule has 1 heterocycles. The van der Waals surface area contributed by atoms with Gasteiger partial charge in [-0.15, -0.1) is 0 Å². The molecule has 1 saturated heterocycles. The Morgan fingerprint density at radius 1 is 1.08 bits per heavy atom. The van der Waals surface area contributed by atoms with Crippen LogP contribution in [0.4, 0.5) is 10.1 Å². The highest BCUT2D eigenvalue weighted by Crippen LogP contribution is 2.20. The molecule has 6 nitrogen and oxygen atoms in total. The lowest BCUT2D eigenvalue weighted by atomic mass is 10.1. The van der Waals surface area contributed by atoms with E-state index in [2.05, 4.69) is 4.72 Å². The zero-order valence-corrected chi connectivity index (χ0v) is 14.9. The smallest absolute Gasteiger partial charge is 0.261 e. The molecule has 0 saturated carbocycles. The van der Waals surface area contributed by atoms with Gasteiger partial charge >= 0.3 is 0 Å². The number of halogens is 1. The van der Waals surface area contributed by atoms with Crippen LogP contribution < -0.4 is 10.5 Å². The summed E-state index contributed by atoms with van der Waals surface area (Å²) in [7, 11) is -3.94. The first-order chi connectivity index (χ1) is 12.4. The van der Waals surface area contributed by atoms with Gasteiger partial charge in [-0.1, -0.05) is 12.1 Å². The van der Waals surface area contributed by atoms with Crippen LogP contribution in [0.5, 0.6) is 0 Å². The normalized spacial score (nSPS) is 15.7. The number of piperidine rings is 1. The molecular weight excluding hydrogens is 357 g/mol. The van der Waals surface area contributed by atoms with E-state index in [1.54, 1.807) is 4.90 Å². The molecule has 138 valence electrons. The lowest BCUT2D eigenvalue weighted by molar-refractivity contribution is 0.0714. The van der Waals surface area contributed by atoms with Gasteiger partial charge in [-0.25, -0.2) is 12.8 Å². The molecule has 0 aliphatic carbocycles. The summed E-state index contributed by atoms with van der Waals surface area (Å²) in [6.07, 6.45) is 1.51. The molecule has 8 heteroatoms. The second-order valence-electron chi connectivity index (χ2n) is 6.24. The molecular formula is C18H20FN3O3S. The fourth-order valence-electron chi connectivity index (χ4n) is 2.81. The Bertz CT molecular complexity index is 892. The molecule has 2 aromatic carbocycles. The third-order valence-electron chi connectivity index (χ3n) is 4.36. The number of anilines is 1. The monoisotopic (exact) mass is 377 g/mol. The summed E-state index contributed by atoms with van der Waals surface area (Å²) in [6, 6.07) is 11.2. The van der Waals surface area contributed by atoms with Crippen LogP contribution in [0.25, 0.3) is 0 Å². The molecule has 2 aromatic rings. The van der Waals surface area contributed by atoms with Crippen LogP contribution in [0.3, 0.4) is 0 Å². The number of nitrogens with two attached hydrogens (primary N) is 1. The number of amides is 1. The second kappa shape index (κ2) is 7.43. The molecule has 0 spiro atoms. The van der Waals surface area contributed by atoms with E-state index < -0.39 is 15.8 Å². The van der Waals surface area contributed by atoms with E-state index in [0.29, 0.717) is 18.7 Å². The Labute approximate surface area is 151 Å². The largest absolute Gasteiger partial charge is 0.339 e. The molecule has 1 amide bonds. The van der Waals surface area contributed by atoms with Gasteiger partial charge in [-0.05, 0) is 49.2 Å². The van der Waals surface area contributed by atoms with Gasteiger partial charge in [0, 0.05) is 24.7 Å². The maximum atomic E-state index is 13.7. The van der Waals surface area contributed by atoms with Crippen molar-refractivity contribution in [3.05, 3.63) is 59.9 Å². The van der Waals surface area contributed by atoms with Gasteiger partial charge in [0.05, 0.1) is 10.6 Å². The second-order valence-corrected chi connectivity index (χ2v) is 7.92. The third-order valence-corrected chi connectivity index (χ3v) is 5.74. The molecule has 26 heavy (non-hydrogen) atoms. The SMILES string of the molecule is NC1CCN(C(=O)c2ccc(S(=O)(=O)Nc3ccccc3F)cc2)CC1. The zero-order chi connectivity index (χ0) is 18.7. The van der Waals surface area contributed by atoms with Gasteiger partial charge in [0.25, 0.3) is 15.9 Å². The molecule has 3 rings (SSSR count). The van der Waals surface area contributed by atoms with Crippen molar-refractivity contribution in [2.75, 3.05) is 17.8 Å². The lowest BCUT2D eigenvalue weighted by Gasteiger charge is -2.30. The Morgan fingerprint density at radius 2 is 1.69 bits per heavy atom. The first-order valence-electron chi connectivity index (χ1n) is 8.29. The van der Waals surface area contributed by atoms with E-state index in [1.807, 2.05) is 0 Å². The summed E-state index contributed by atoms with van der Waals surface area (Å²) in [4.78, 5) is 14.1. The van der Waals surface area contributed by atoms with Crippen molar-refractivity contribution in [1.82, 2.24) is 4.90 Å². The molecule has 0 radical (unpaired) electrons. The number of carbonyl (C=O) groups is 1. The first-order valence-corrected chi connectivity index (χ1v) is 9.77. The summed E-state index contributed by atoms with van der Waals surface area (Å²) in [5.74, 6) is -0.811. The number of nitrogens with zero attached hydrogens (tertiary/aromatic N) is 1. The van der Waals surface area contributed by atoms with Gasteiger partial charge in [0.2, 0.25) is 0 Å². The quantitative estimate of drug-likeness (QED) is 0.854. The van der Waals surface area contributed by atoms with E-state index in [1.165, 1.54) is 48.5 Å². The standard InChI is InChI=1S/C18H20FN3O3S/c19-16-3-1-2-4-17(16)21-26(24,25)15-7-5-13(6-8-15)18(23)22-11-9-14(20)10-12-22/h1-8,14,21H,9-12,20H2. The molecule has 0 aromatic heterocycles. The van der Waals surface area contributed by atoms with Crippen LogP contribution in [0.2, 0.25) is 0 Å². The Kier molecular flexibility index (Phi) is 5.24. The molecule has 3 N–H and O–H groups in total. The number of carbonyl (C=O) groups excluding carboxylic acids is 1. The predicted octanol–water partition coefficient (Wildman–Crippen LogP) is 2.19. The van der Waals surface area contributed by atoms with Crippen LogP contribution in [0, 0.1) is 5.82 Å². The number of hydrogen-bond donors (Lipinski definition) is 2. The van der Waals surface area contributed by atoms with Crippen LogP contribution >= 0.6 is 0 Å². The van der Waals surface area contributed by atoms with Crippen molar-refractivity contribution in [2.24, 2.45) is 5.73 Å². The van der Waals surface area contributed by atoms with Crippen molar-refractivity contribution in [3.8, 4) is 0 Å². The maximum Gasteiger partial charge on any atom is 0.261 e. The number of likely N-dealkylation sites (tertiary alicyclic amines) is 1. The summed E-state index contributed by atoms with van der Waals surface area (Å²) in [5, 5.41) is 0. The maximum absolute atomic E-state index is 13.7. The van der Waals surface area contributed by atoms with Gasteiger partial charge < -0.3 is 10.6 Å². The summed E-state index contributed by atoms with van der Waals surface area (Å²) < 4.78 is 40.6. The number of rotatable bonds is 4. The molecule has 1 aliphatic rings. The van der Waals surface area contributed by atoms with Crippen LogP contribution in [0.15, 0.2) is 53.4 Å². The third kappa shape index (κ3) is 4.03. The fourth-order valence-corrected chi connectivity index (χ4v) is 3.88. The number of para-hydroxylation sites is 1. The number of nitrogens with one attached hydrogen (secondary N) is 1. The van der Waals surface area contributed by atoms with Crippen LogP contribution in [-0.2, 0) is 10.0 Å². The Morgan fingerprint density at radius 3 is 2.31 bits per heavy atom. The molecule has 0 unspecified atom stereocenters. The van der Waals surface area contributed by atoms with Crippen molar-refractivity contribution in [3.63, 3.8) is 0 Å². The van der Waals surface area contributed by atoms with Crippen LogP contribution in [0.1, 0.15) is 23.2 Å². The zero-order valence-electron chi connectivity index (χ0n) is 14.1. The van der Waals surface area contributed by atoms with Crippen LogP contribution in [-0.4, -0.2) is 38.4 Å². The minimum Gasteiger partial charge on any atom is -0.339 e. The van der Waals surface area contributed by atoms with Crippen molar-refractivity contribution in [2.45, 2.75) is 23.8 Å². The number of sulfonamides is 1. The van der Waals surface area contributed by atoms with E-state index >= 15 is 0 Å². The Hall–Kier alpha value is -2.45. The van der Waals surface area contributed by atoms with E-state index in [9.17, 15) is 17.6 Å². The van der Waals surface area contributed by atoms with Gasteiger partial charge in [-0.3, -0.25) is 9.52 Å². The number of benzene rings is 2.